The van der Waals surface area contributed by atoms with Gasteiger partial charge in [0.05, 0.1) is 29.8 Å². The summed E-state index contributed by atoms with van der Waals surface area (Å²) in [6, 6.07) is 12.5. The molecule has 0 aromatic heterocycles. The number of anilines is 2. The van der Waals surface area contributed by atoms with Crippen molar-refractivity contribution >= 4 is 44.9 Å². The minimum Gasteiger partial charge on any atom is -0.462 e. The third-order valence-corrected chi connectivity index (χ3v) is 4.86. The van der Waals surface area contributed by atoms with E-state index >= 15 is 0 Å². The number of carbonyl (C=O) groups excluding carboxylic acids is 2. The van der Waals surface area contributed by atoms with Crippen LogP contribution in [0.2, 0.25) is 5.02 Å². The first-order valence-corrected chi connectivity index (χ1v) is 10.2. The molecular formula is C18H19ClN2O5S. The van der Waals surface area contributed by atoms with Gasteiger partial charge in [-0.1, -0.05) is 29.8 Å². The maximum atomic E-state index is 12.5. The van der Waals surface area contributed by atoms with Crippen molar-refractivity contribution in [3.63, 3.8) is 0 Å². The molecule has 0 aliphatic heterocycles. The van der Waals surface area contributed by atoms with E-state index in [0.29, 0.717) is 5.02 Å². The Morgan fingerprint density at radius 1 is 1.15 bits per heavy atom. The van der Waals surface area contributed by atoms with E-state index in [1.54, 1.807) is 31.2 Å². The highest BCUT2D eigenvalue weighted by atomic mass is 35.5. The van der Waals surface area contributed by atoms with Gasteiger partial charge in [-0.15, -0.1) is 0 Å². The fourth-order valence-corrected chi connectivity index (χ4v) is 3.36. The van der Waals surface area contributed by atoms with Gasteiger partial charge < -0.3 is 10.1 Å². The van der Waals surface area contributed by atoms with E-state index in [-0.39, 0.29) is 23.5 Å². The van der Waals surface area contributed by atoms with Crippen molar-refractivity contribution in [2.45, 2.75) is 6.92 Å². The van der Waals surface area contributed by atoms with Crippen LogP contribution in [0.25, 0.3) is 0 Å². The minimum atomic E-state index is -3.73. The molecule has 0 aliphatic carbocycles. The van der Waals surface area contributed by atoms with Crippen LogP contribution in [0.1, 0.15) is 17.3 Å². The Morgan fingerprint density at radius 2 is 1.85 bits per heavy atom. The lowest BCUT2D eigenvalue weighted by atomic mass is 10.2. The molecule has 0 bridgehead atoms. The molecule has 0 radical (unpaired) electrons. The maximum absolute atomic E-state index is 12.5. The summed E-state index contributed by atoms with van der Waals surface area (Å²) in [5.74, 6) is -1.19. The second-order valence-electron chi connectivity index (χ2n) is 5.56. The first kappa shape index (κ1) is 20.7. The molecule has 144 valence electrons. The number of amides is 1. The number of nitrogens with zero attached hydrogens (tertiary/aromatic N) is 1. The van der Waals surface area contributed by atoms with Gasteiger partial charge in [-0.25, -0.2) is 13.2 Å². The van der Waals surface area contributed by atoms with Crippen LogP contribution in [0.3, 0.4) is 0 Å². The van der Waals surface area contributed by atoms with E-state index in [1.165, 1.54) is 24.3 Å². The summed E-state index contributed by atoms with van der Waals surface area (Å²) in [5.41, 5.74) is 0.681. The van der Waals surface area contributed by atoms with Crippen molar-refractivity contribution in [1.82, 2.24) is 0 Å². The summed E-state index contributed by atoms with van der Waals surface area (Å²) in [5, 5.41) is 2.90. The predicted molar refractivity (Wildman–Crippen MR) is 105 cm³/mol. The fourth-order valence-electron chi connectivity index (χ4n) is 2.33. The summed E-state index contributed by atoms with van der Waals surface area (Å²) in [6.45, 7) is 1.39. The van der Waals surface area contributed by atoms with Crippen LogP contribution in [0, 0.1) is 0 Å². The van der Waals surface area contributed by atoms with Gasteiger partial charge in [-0.3, -0.25) is 9.10 Å². The highest BCUT2D eigenvalue weighted by Gasteiger charge is 2.22. The molecule has 0 atom stereocenters. The molecular weight excluding hydrogens is 392 g/mol. The second-order valence-corrected chi connectivity index (χ2v) is 7.91. The molecule has 0 saturated heterocycles. The molecule has 27 heavy (non-hydrogen) atoms. The smallest absolute Gasteiger partial charge is 0.340 e. The zero-order valence-electron chi connectivity index (χ0n) is 14.8. The molecule has 2 aromatic rings. The molecule has 0 unspecified atom stereocenters. The van der Waals surface area contributed by atoms with Crippen molar-refractivity contribution < 1.29 is 22.7 Å². The van der Waals surface area contributed by atoms with Gasteiger partial charge in [0.15, 0.2) is 0 Å². The zero-order valence-corrected chi connectivity index (χ0v) is 16.4. The van der Waals surface area contributed by atoms with E-state index in [9.17, 15) is 18.0 Å². The number of hydrogen-bond acceptors (Lipinski definition) is 5. The Hall–Kier alpha value is -2.58. The van der Waals surface area contributed by atoms with Gasteiger partial charge in [0.25, 0.3) is 0 Å². The van der Waals surface area contributed by atoms with Crippen LogP contribution in [0.15, 0.2) is 48.5 Å². The van der Waals surface area contributed by atoms with Gasteiger partial charge >= 0.3 is 5.97 Å². The standard InChI is InChI=1S/C18H19ClN2O5S/c1-3-26-18(23)15-9-4-5-10-16(15)20-17(22)12-21(27(2,24)25)14-8-6-7-13(19)11-14/h4-11H,3,12H2,1-2H3,(H,20,22). The third-order valence-electron chi connectivity index (χ3n) is 3.48. The molecule has 1 amide bonds. The number of esters is 1. The Bertz CT molecular complexity index is 946. The first-order valence-electron chi connectivity index (χ1n) is 8.01. The summed E-state index contributed by atoms with van der Waals surface area (Å²) in [7, 11) is -3.73. The van der Waals surface area contributed by atoms with Crippen LogP contribution >= 0.6 is 11.6 Å². The van der Waals surface area contributed by atoms with E-state index in [2.05, 4.69) is 5.32 Å². The zero-order chi connectivity index (χ0) is 20.0. The lowest BCUT2D eigenvalue weighted by Gasteiger charge is -2.22. The molecule has 2 rings (SSSR count). The minimum absolute atomic E-state index is 0.182. The molecule has 0 fully saturated rings. The quantitative estimate of drug-likeness (QED) is 0.708. The molecule has 0 heterocycles. The number of halogens is 1. The normalized spacial score (nSPS) is 10.9. The fraction of sp³-hybridized carbons (Fsp3) is 0.222. The van der Waals surface area contributed by atoms with Crippen LogP contribution in [0.4, 0.5) is 11.4 Å². The van der Waals surface area contributed by atoms with E-state index in [4.69, 9.17) is 16.3 Å². The van der Waals surface area contributed by atoms with Gasteiger partial charge in [0.2, 0.25) is 15.9 Å². The first-order chi connectivity index (χ1) is 12.7. The van der Waals surface area contributed by atoms with Crippen LogP contribution in [0.5, 0.6) is 0 Å². The number of carbonyl (C=O) groups is 2. The number of nitrogens with one attached hydrogen (secondary N) is 1. The Morgan fingerprint density at radius 3 is 2.48 bits per heavy atom. The summed E-state index contributed by atoms with van der Waals surface area (Å²) in [6.07, 6.45) is 0.994. The lowest BCUT2D eigenvalue weighted by Crippen LogP contribution is -2.37. The number of rotatable bonds is 7. The molecule has 0 aliphatic rings. The van der Waals surface area contributed by atoms with Gasteiger partial charge in [-0.05, 0) is 37.3 Å². The number of ether oxygens (including phenoxy) is 1. The average molecular weight is 411 g/mol. The predicted octanol–water partition coefficient (Wildman–Crippen LogP) is 2.92. The SMILES string of the molecule is CCOC(=O)c1ccccc1NC(=O)CN(c1cccc(Cl)c1)S(C)(=O)=O. The van der Waals surface area contributed by atoms with Gasteiger partial charge in [-0.2, -0.15) is 0 Å². The monoisotopic (exact) mass is 410 g/mol. The van der Waals surface area contributed by atoms with Crippen molar-refractivity contribution in [3.8, 4) is 0 Å². The second kappa shape index (κ2) is 8.88. The highest BCUT2D eigenvalue weighted by Crippen LogP contribution is 2.22. The molecule has 9 heteroatoms. The van der Waals surface area contributed by atoms with Crippen molar-refractivity contribution in [3.05, 3.63) is 59.1 Å². The van der Waals surface area contributed by atoms with E-state index < -0.39 is 28.4 Å². The van der Waals surface area contributed by atoms with Crippen LogP contribution < -0.4 is 9.62 Å². The Labute approximate surface area is 162 Å². The number of para-hydroxylation sites is 1. The van der Waals surface area contributed by atoms with Gasteiger partial charge in [0.1, 0.15) is 6.54 Å². The molecule has 0 saturated carbocycles. The van der Waals surface area contributed by atoms with E-state index in [0.717, 1.165) is 10.6 Å². The summed E-state index contributed by atoms with van der Waals surface area (Å²) < 4.78 is 30.1. The van der Waals surface area contributed by atoms with Crippen LogP contribution in [-0.4, -0.2) is 39.7 Å². The molecule has 7 nitrogen and oxygen atoms in total. The number of hydrogen-bond donors (Lipinski definition) is 1. The van der Waals surface area contributed by atoms with Crippen LogP contribution in [-0.2, 0) is 19.6 Å². The van der Waals surface area contributed by atoms with E-state index in [1.807, 2.05) is 0 Å². The number of benzene rings is 2. The average Bonchev–Trinajstić information content (AvgIpc) is 2.59. The van der Waals surface area contributed by atoms with Crippen molar-refractivity contribution in [2.75, 3.05) is 29.0 Å². The summed E-state index contributed by atoms with van der Waals surface area (Å²) >= 11 is 5.92. The van der Waals surface area contributed by atoms with Crippen molar-refractivity contribution in [2.24, 2.45) is 0 Å². The lowest BCUT2D eigenvalue weighted by molar-refractivity contribution is -0.114. The number of sulfonamides is 1. The summed E-state index contributed by atoms with van der Waals surface area (Å²) in [4.78, 5) is 24.5. The van der Waals surface area contributed by atoms with Crippen molar-refractivity contribution in [1.29, 1.82) is 0 Å². The maximum Gasteiger partial charge on any atom is 0.340 e. The molecule has 1 N–H and O–H groups in total. The Balaban J connectivity index is 2.24. The Kier molecular flexibility index (Phi) is 6.81. The topological polar surface area (TPSA) is 92.8 Å². The van der Waals surface area contributed by atoms with Gasteiger partial charge in [0, 0.05) is 5.02 Å². The highest BCUT2D eigenvalue weighted by molar-refractivity contribution is 7.92. The molecule has 2 aromatic carbocycles. The molecule has 0 spiro atoms. The largest absolute Gasteiger partial charge is 0.462 e. The third kappa shape index (κ3) is 5.70.